The zero-order valence-corrected chi connectivity index (χ0v) is 10.7. The summed E-state index contributed by atoms with van der Waals surface area (Å²) in [7, 11) is -4.44. The fourth-order valence-corrected chi connectivity index (χ4v) is 2.84. The molecule has 0 atom stereocenters. The maximum Gasteiger partial charge on any atom is 0.404 e. The number of nitrogens with zero attached hydrogens (tertiary/aromatic N) is 1. The average Bonchev–Trinajstić information content (AvgIpc) is 2.24. The van der Waals surface area contributed by atoms with Gasteiger partial charge in [0.25, 0.3) is 10.0 Å². The van der Waals surface area contributed by atoms with Gasteiger partial charge in [0.05, 0.1) is 0 Å². The summed E-state index contributed by atoms with van der Waals surface area (Å²) in [5, 5.41) is 0. The Morgan fingerprint density at radius 1 is 1.22 bits per heavy atom. The predicted molar refractivity (Wildman–Crippen MR) is 62.8 cm³/mol. The van der Waals surface area contributed by atoms with Crippen LogP contribution >= 0.6 is 0 Å². The minimum Gasteiger partial charge on any atom is -0.330 e. The molecule has 18 heavy (non-hydrogen) atoms. The fraction of sp³-hybridized carbons (Fsp3) is 0.900. The average molecular weight is 286 g/mol. The maximum atomic E-state index is 11.9. The highest BCUT2D eigenvalue weighted by molar-refractivity contribution is 7.90. The predicted octanol–water partition coefficient (Wildman–Crippen LogP) is 1.71. The van der Waals surface area contributed by atoms with Crippen molar-refractivity contribution in [1.29, 1.82) is 0 Å². The van der Waals surface area contributed by atoms with Crippen LogP contribution in [0.1, 0.15) is 25.7 Å². The molecule has 2 N–H and O–H groups in total. The highest BCUT2D eigenvalue weighted by Crippen LogP contribution is 2.27. The van der Waals surface area contributed by atoms with Crippen LogP contribution in [-0.4, -0.2) is 33.1 Å². The normalized spacial score (nSPS) is 26.7. The molecule has 0 aromatic carbocycles. The number of hydrogen-bond donors (Lipinski definition) is 1. The summed E-state index contributed by atoms with van der Waals surface area (Å²) in [5.74, 6) is -1.52. The highest BCUT2D eigenvalue weighted by atomic mass is 32.2. The van der Waals surface area contributed by atoms with Crippen molar-refractivity contribution < 1.29 is 21.6 Å². The second-order valence-electron chi connectivity index (χ2n) is 4.61. The molecule has 1 saturated carbocycles. The van der Waals surface area contributed by atoms with Gasteiger partial charge < -0.3 is 5.73 Å². The first kappa shape index (κ1) is 15.4. The fourth-order valence-electron chi connectivity index (χ4n) is 2.00. The summed E-state index contributed by atoms with van der Waals surface area (Å²) in [4.78, 5) is 0. The molecule has 1 fully saturated rings. The summed E-state index contributed by atoms with van der Waals surface area (Å²) < 4.78 is 61.1. The molecular weight excluding hydrogens is 269 g/mol. The van der Waals surface area contributed by atoms with Gasteiger partial charge in [0.1, 0.15) is 0 Å². The summed E-state index contributed by atoms with van der Waals surface area (Å²) in [6, 6.07) is 0. The van der Waals surface area contributed by atoms with E-state index in [4.69, 9.17) is 5.73 Å². The van der Waals surface area contributed by atoms with Gasteiger partial charge in [0, 0.05) is 6.21 Å². The van der Waals surface area contributed by atoms with Gasteiger partial charge in [-0.25, -0.2) is 8.42 Å². The van der Waals surface area contributed by atoms with Gasteiger partial charge in [-0.15, -0.1) is 0 Å². The molecule has 0 amide bonds. The Bertz CT molecular complexity index is 384. The van der Waals surface area contributed by atoms with Crippen LogP contribution in [0, 0.1) is 11.8 Å². The van der Waals surface area contributed by atoms with E-state index >= 15 is 0 Å². The van der Waals surface area contributed by atoms with Crippen molar-refractivity contribution in [3.05, 3.63) is 0 Å². The lowest BCUT2D eigenvalue weighted by Crippen LogP contribution is -2.23. The number of halogens is 3. The third kappa shape index (κ3) is 5.81. The topological polar surface area (TPSA) is 72.5 Å². The summed E-state index contributed by atoms with van der Waals surface area (Å²) >= 11 is 0. The zero-order chi connectivity index (χ0) is 13.8. The van der Waals surface area contributed by atoms with E-state index in [2.05, 4.69) is 4.40 Å². The second kappa shape index (κ2) is 6.01. The van der Waals surface area contributed by atoms with Crippen molar-refractivity contribution in [1.82, 2.24) is 0 Å². The van der Waals surface area contributed by atoms with Gasteiger partial charge in [0.15, 0.2) is 5.75 Å². The quantitative estimate of drug-likeness (QED) is 0.800. The third-order valence-corrected chi connectivity index (χ3v) is 4.14. The van der Waals surface area contributed by atoms with Gasteiger partial charge in [-0.1, -0.05) is 0 Å². The van der Waals surface area contributed by atoms with Gasteiger partial charge >= 0.3 is 6.18 Å². The minimum absolute atomic E-state index is 0.0594. The first-order valence-corrected chi connectivity index (χ1v) is 7.38. The maximum absolute atomic E-state index is 11.9. The molecule has 0 spiro atoms. The minimum atomic E-state index is -4.74. The molecule has 0 aromatic heterocycles. The van der Waals surface area contributed by atoms with Crippen molar-refractivity contribution >= 4 is 16.2 Å². The Morgan fingerprint density at radius 3 is 2.22 bits per heavy atom. The molecule has 0 unspecified atom stereocenters. The Hall–Kier alpha value is -0.630. The van der Waals surface area contributed by atoms with Crippen molar-refractivity contribution in [3.63, 3.8) is 0 Å². The van der Waals surface area contributed by atoms with E-state index in [1.54, 1.807) is 0 Å². The van der Waals surface area contributed by atoms with E-state index in [1.807, 2.05) is 0 Å². The van der Waals surface area contributed by atoms with E-state index in [1.165, 1.54) is 0 Å². The van der Waals surface area contributed by atoms with Gasteiger partial charge in [0.2, 0.25) is 0 Å². The van der Waals surface area contributed by atoms with Gasteiger partial charge in [-0.2, -0.15) is 17.6 Å². The van der Waals surface area contributed by atoms with Crippen LogP contribution in [0.4, 0.5) is 13.2 Å². The van der Waals surface area contributed by atoms with Gasteiger partial charge in [-0.05, 0) is 44.1 Å². The number of alkyl halides is 3. The first-order valence-electron chi connectivity index (χ1n) is 5.77. The van der Waals surface area contributed by atoms with Crippen LogP contribution in [0.25, 0.3) is 0 Å². The van der Waals surface area contributed by atoms with Crippen LogP contribution in [0.3, 0.4) is 0 Å². The first-order chi connectivity index (χ1) is 8.22. The van der Waals surface area contributed by atoms with Gasteiger partial charge in [-0.3, -0.25) is 0 Å². The lowest BCUT2D eigenvalue weighted by molar-refractivity contribution is -0.106. The number of nitrogens with two attached hydrogens (primary N) is 1. The van der Waals surface area contributed by atoms with E-state index < -0.39 is 22.0 Å². The van der Waals surface area contributed by atoms with Crippen LogP contribution in [0.5, 0.6) is 0 Å². The molecule has 0 aliphatic heterocycles. The van der Waals surface area contributed by atoms with Crippen molar-refractivity contribution in [2.24, 2.45) is 22.0 Å². The van der Waals surface area contributed by atoms with E-state index in [9.17, 15) is 21.6 Å². The summed E-state index contributed by atoms with van der Waals surface area (Å²) in [5.41, 5.74) is 5.51. The smallest absolute Gasteiger partial charge is 0.330 e. The van der Waals surface area contributed by atoms with Crippen molar-refractivity contribution in [2.45, 2.75) is 31.9 Å². The monoisotopic (exact) mass is 286 g/mol. The van der Waals surface area contributed by atoms with E-state index in [0.29, 0.717) is 12.5 Å². The van der Waals surface area contributed by atoms with Crippen LogP contribution < -0.4 is 5.73 Å². The summed E-state index contributed by atoms with van der Waals surface area (Å²) in [6.07, 6.45) is -0.403. The molecule has 1 aliphatic carbocycles. The lowest BCUT2D eigenvalue weighted by Gasteiger charge is -2.24. The Kier molecular flexibility index (Phi) is 5.15. The molecule has 1 aliphatic rings. The van der Waals surface area contributed by atoms with E-state index in [0.717, 1.165) is 31.9 Å². The largest absolute Gasteiger partial charge is 0.404 e. The molecule has 0 radical (unpaired) electrons. The zero-order valence-electron chi connectivity index (χ0n) is 9.86. The number of sulfonamides is 1. The Labute approximate surface area is 105 Å². The van der Waals surface area contributed by atoms with Crippen LogP contribution in [-0.2, 0) is 10.0 Å². The van der Waals surface area contributed by atoms with E-state index in [-0.39, 0.29) is 5.92 Å². The van der Waals surface area contributed by atoms with Crippen LogP contribution in [0.15, 0.2) is 4.40 Å². The molecular formula is C10H17F3N2O2S. The lowest BCUT2D eigenvalue weighted by atomic mass is 9.83. The number of rotatable bonds is 4. The molecule has 0 heterocycles. The molecule has 1 rings (SSSR count). The van der Waals surface area contributed by atoms with Crippen LogP contribution in [0.2, 0.25) is 0 Å². The van der Waals surface area contributed by atoms with Crippen molar-refractivity contribution in [2.75, 3.05) is 12.3 Å². The standard InChI is InChI=1S/C10H17F3N2O2S/c11-10(12,13)7-18(16,17)15-6-9-3-1-8(5-14)2-4-9/h6,8-9H,1-5,7,14H2. The SMILES string of the molecule is NCC1CCC(C=NS(=O)(=O)CC(F)(F)F)CC1. The molecule has 8 heteroatoms. The number of hydrogen-bond acceptors (Lipinski definition) is 3. The molecule has 0 aromatic rings. The summed E-state index contributed by atoms with van der Waals surface area (Å²) in [6.45, 7) is 0.593. The molecule has 0 bridgehead atoms. The Balaban J connectivity index is 2.50. The molecule has 106 valence electrons. The Morgan fingerprint density at radius 2 is 1.78 bits per heavy atom. The second-order valence-corrected chi connectivity index (χ2v) is 6.28. The third-order valence-electron chi connectivity index (χ3n) is 3.00. The molecule has 0 saturated heterocycles. The van der Waals surface area contributed by atoms with Crippen molar-refractivity contribution in [3.8, 4) is 0 Å². The molecule has 4 nitrogen and oxygen atoms in total. The highest BCUT2D eigenvalue weighted by Gasteiger charge is 2.34.